The molecule has 0 aliphatic heterocycles. The van der Waals surface area contributed by atoms with Crippen molar-refractivity contribution in [2.75, 3.05) is 25.6 Å². The molecule has 2 aromatic rings. The number of anilines is 1. The molecule has 126 valence electrons. The van der Waals surface area contributed by atoms with Gasteiger partial charge in [-0.25, -0.2) is 4.79 Å². The molecule has 0 unspecified atom stereocenters. The zero-order chi connectivity index (χ0) is 17.4. The van der Waals surface area contributed by atoms with Crippen molar-refractivity contribution in [1.82, 2.24) is 0 Å². The number of nitrogens with one attached hydrogen (secondary N) is 1. The van der Waals surface area contributed by atoms with Gasteiger partial charge in [0.05, 0.1) is 7.11 Å². The molecule has 0 saturated carbocycles. The topological polar surface area (TPSA) is 73.9 Å². The van der Waals surface area contributed by atoms with Gasteiger partial charge in [-0.1, -0.05) is 17.7 Å². The van der Waals surface area contributed by atoms with Crippen LogP contribution in [-0.2, 0) is 14.3 Å². The standard InChI is InChI=1S/C18H19NO5/c1-13-3-7-15(8-4-13)23-11-17(20)19-14-5-9-16(10-6-14)24-12-18(21)22-2/h3-10H,11-12H2,1-2H3,(H,19,20). The number of hydrogen-bond acceptors (Lipinski definition) is 5. The second-order valence-corrected chi connectivity index (χ2v) is 5.04. The number of carbonyl (C=O) groups is 2. The molecule has 0 fully saturated rings. The van der Waals surface area contributed by atoms with Gasteiger partial charge in [0, 0.05) is 5.69 Å². The molecule has 0 heterocycles. The number of methoxy groups -OCH3 is 1. The maximum absolute atomic E-state index is 11.9. The molecule has 0 aliphatic rings. The second-order valence-electron chi connectivity index (χ2n) is 5.04. The maximum atomic E-state index is 11.9. The number of aryl methyl sites for hydroxylation is 1. The quantitative estimate of drug-likeness (QED) is 0.790. The van der Waals surface area contributed by atoms with Crippen molar-refractivity contribution < 1.29 is 23.8 Å². The van der Waals surface area contributed by atoms with Crippen molar-refractivity contribution in [1.29, 1.82) is 0 Å². The molecule has 24 heavy (non-hydrogen) atoms. The van der Waals surface area contributed by atoms with Crippen molar-refractivity contribution in [3.63, 3.8) is 0 Å². The van der Waals surface area contributed by atoms with Gasteiger partial charge in [-0.15, -0.1) is 0 Å². The van der Waals surface area contributed by atoms with E-state index in [1.807, 2.05) is 31.2 Å². The third-order valence-electron chi connectivity index (χ3n) is 3.11. The summed E-state index contributed by atoms with van der Waals surface area (Å²) in [6, 6.07) is 14.1. The minimum atomic E-state index is -0.458. The van der Waals surface area contributed by atoms with Gasteiger partial charge in [-0.3, -0.25) is 4.79 Å². The van der Waals surface area contributed by atoms with Crippen LogP contribution < -0.4 is 14.8 Å². The van der Waals surface area contributed by atoms with Crippen LogP contribution in [0.3, 0.4) is 0 Å². The van der Waals surface area contributed by atoms with Crippen LogP contribution in [-0.4, -0.2) is 32.2 Å². The molecular weight excluding hydrogens is 310 g/mol. The first-order chi connectivity index (χ1) is 11.6. The fraction of sp³-hybridized carbons (Fsp3) is 0.222. The first-order valence-corrected chi connectivity index (χ1v) is 7.36. The molecule has 0 spiro atoms. The van der Waals surface area contributed by atoms with Gasteiger partial charge in [-0.05, 0) is 43.3 Å². The van der Waals surface area contributed by atoms with Gasteiger partial charge in [0.1, 0.15) is 11.5 Å². The van der Waals surface area contributed by atoms with Crippen LogP contribution in [0.1, 0.15) is 5.56 Å². The van der Waals surface area contributed by atoms with E-state index in [9.17, 15) is 9.59 Å². The van der Waals surface area contributed by atoms with Crippen LogP contribution in [0.25, 0.3) is 0 Å². The summed E-state index contributed by atoms with van der Waals surface area (Å²) in [5, 5.41) is 2.72. The van der Waals surface area contributed by atoms with Gasteiger partial charge in [-0.2, -0.15) is 0 Å². The Balaban J connectivity index is 1.79. The molecule has 0 atom stereocenters. The van der Waals surface area contributed by atoms with Crippen molar-refractivity contribution in [3.8, 4) is 11.5 Å². The Kier molecular flexibility index (Phi) is 6.19. The summed E-state index contributed by atoms with van der Waals surface area (Å²) in [5.41, 5.74) is 1.74. The number of amides is 1. The number of rotatable bonds is 7. The number of hydrogen-bond donors (Lipinski definition) is 1. The van der Waals surface area contributed by atoms with E-state index in [0.717, 1.165) is 5.56 Å². The Morgan fingerprint density at radius 2 is 1.42 bits per heavy atom. The molecule has 2 aromatic carbocycles. The highest BCUT2D eigenvalue weighted by molar-refractivity contribution is 5.91. The third kappa shape index (κ3) is 5.64. The van der Waals surface area contributed by atoms with E-state index < -0.39 is 5.97 Å². The first kappa shape index (κ1) is 17.3. The first-order valence-electron chi connectivity index (χ1n) is 7.36. The van der Waals surface area contributed by atoms with Crippen LogP contribution in [0.2, 0.25) is 0 Å². The highest BCUT2D eigenvalue weighted by Crippen LogP contribution is 2.16. The molecule has 2 rings (SSSR count). The van der Waals surface area contributed by atoms with E-state index in [-0.39, 0.29) is 19.1 Å². The number of carbonyl (C=O) groups excluding carboxylic acids is 2. The van der Waals surface area contributed by atoms with Crippen molar-refractivity contribution in [2.45, 2.75) is 6.92 Å². The summed E-state index contributed by atoms with van der Waals surface area (Å²) in [6.07, 6.45) is 0. The lowest BCUT2D eigenvalue weighted by Gasteiger charge is -2.09. The van der Waals surface area contributed by atoms with Gasteiger partial charge in [0.15, 0.2) is 13.2 Å². The van der Waals surface area contributed by atoms with Gasteiger partial charge in [0.2, 0.25) is 0 Å². The zero-order valence-corrected chi connectivity index (χ0v) is 13.6. The Bertz CT molecular complexity index is 680. The lowest BCUT2D eigenvalue weighted by atomic mass is 10.2. The highest BCUT2D eigenvalue weighted by atomic mass is 16.6. The maximum Gasteiger partial charge on any atom is 0.343 e. The molecule has 1 amide bonds. The molecule has 0 saturated heterocycles. The predicted octanol–water partition coefficient (Wildman–Crippen LogP) is 2.56. The monoisotopic (exact) mass is 329 g/mol. The van der Waals surface area contributed by atoms with Crippen molar-refractivity contribution >= 4 is 17.6 Å². The molecular formula is C18H19NO5. The van der Waals surface area contributed by atoms with E-state index >= 15 is 0 Å². The molecule has 0 aromatic heterocycles. The van der Waals surface area contributed by atoms with Crippen LogP contribution in [0.15, 0.2) is 48.5 Å². The summed E-state index contributed by atoms with van der Waals surface area (Å²) in [4.78, 5) is 22.8. The van der Waals surface area contributed by atoms with Crippen LogP contribution in [0.4, 0.5) is 5.69 Å². The minimum absolute atomic E-state index is 0.0797. The fourth-order valence-electron chi connectivity index (χ4n) is 1.82. The Hall–Kier alpha value is -3.02. The van der Waals surface area contributed by atoms with E-state index in [1.165, 1.54) is 7.11 Å². The number of benzene rings is 2. The zero-order valence-electron chi connectivity index (χ0n) is 13.6. The fourth-order valence-corrected chi connectivity index (χ4v) is 1.82. The normalized spacial score (nSPS) is 9.92. The Morgan fingerprint density at radius 1 is 0.875 bits per heavy atom. The second kappa shape index (κ2) is 8.57. The predicted molar refractivity (Wildman–Crippen MR) is 89.3 cm³/mol. The minimum Gasteiger partial charge on any atom is -0.484 e. The van der Waals surface area contributed by atoms with Gasteiger partial charge < -0.3 is 19.5 Å². The largest absolute Gasteiger partial charge is 0.484 e. The summed E-state index contributed by atoms with van der Waals surface area (Å²) in [5.74, 6) is 0.427. The number of ether oxygens (including phenoxy) is 3. The molecule has 6 heteroatoms. The van der Waals surface area contributed by atoms with Gasteiger partial charge >= 0.3 is 5.97 Å². The third-order valence-corrected chi connectivity index (χ3v) is 3.11. The van der Waals surface area contributed by atoms with E-state index in [0.29, 0.717) is 17.2 Å². The summed E-state index contributed by atoms with van der Waals surface area (Å²) in [7, 11) is 1.29. The molecule has 6 nitrogen and oxygen atoms in total. The van der Waals surface area contributed by atoms with E-state index in [2.05, 4.69) is 10.1 Å². The van der Waals surface area contributed by atoms with E-state index in [4.69, 9.17) is 9.47 Å². The number of esters is 1. The smallest absolute Gasteiger partial charge is 0.343 e. The molecule has 1 N–H and O–H groups in total. The molecule has 0 radical (unpaired) electrons. The average molecular weight is 329 g/mol. The molecule has 0 aliphatic carbocycles. The lowest BCUT2D eigenvalue weighted by molar-refractivity contribution is -0.142. The Morgan fingerprint density at radius 3 is 2.00 bits per heavy atom. The van der Waals surface area contributed by atoms with Crippen LogP contribution in [0, 0.1) is 6.92 Å². The molecule has 0 bridgehead atoms. The van der Waals surface area contributed by atoms with Crippen LogP contribution >= 0.6 is 0 Å². The van der Waals surface area contributed by atoms with Crippen molar-refractivity contribution in [3.05, 3.63) is 54.1 Å². The highest BCUT2D eigenvalue weighted by Gasteiger charge is 2.05. The summed E-state index contributed by atoms with van der Waals surface area (Å²) >= 11 is 0. The van der Waals surface area contributed by atoms with Crippen molar-refractivity contribution in [2.24, 2.45) is 0 Å². The summed E-state index contributed by atoms with van der Waals surface area (Å²) < 4.78 is 15.1. The van der Waals surface area contributed by atoms with Crippen LogP contribution in [0.5, 0.6) is 11.5 Å². The SMILES string of the molecule is COC(=O)COc1ccc(NC(=O)COc2ccc(C)cc2)cc1. The summed E-state index contributed by atoms with van der Waals surface area (Å²) in [6.45, 7) is 1.74. The average Bonchev–Trinajstić information content (AvgIpc) is 2.60. The van der Waals surface area contributed by atoms with Gasteiger partial charge in [0.25, 0.3) is 5.91 Å². The lowest BCUT2D eigenvalue weighted by Crippen LogP contribution is -2.20. The van der Waals surface area contributed by atoms with E-state index in [1.54, 1.807) is 24.3 Å². The Labute approximate surface area is 140 Å².